The lowest BCUT2D eigenvalue weighted by Gasteiger charge is -2.36. The summed E-state index contributed by atoms with van der Waals surface area (Å²) < 4.78 is 40.7. The van der Waals surface area contributed by atoms with Gasteiger partial charge in [0, 0.05) is 50.7 Å². The lowest BCUT2D eigenvalue weighted by molar-refractivity contribution is -0.130. The maximum absolute atomic E-state index is 15.2. The van der Waals surface area contributed by atoms with Crippen molar-refractivity contribution in [1.82, 2.24) is 20.5 Å². The summed E-state index contributed by atoms with van der Waals surface area (Å²) in [5.41, 5.74) is -1.09. The molecule has 0 saturated carbocycles. The molecule has 41 heavy (non-hydrogen) atoms. The van der Waals surface area contributed by atoms with E-state index in [-0.39, 0.29) is 69.7 Å². The number of benzene rings is 1. The quantitative estimate of drug-likeness (QED) is 0.466. The van der Waals surface area contributed by atoms with Crippen LogP contribution in [0.1, 0.15) is 30.6 Å². The molecule has 2 aliphatic heterocycles. The van der Waals surface area contributed by atoms with Crippen molar-refractivity contribution >= 4 is 35.4 Å². The van der Waals surface area contributed by atoms with Gasteiger partial charge in [0.2, 0.25) is 5.91 Å². The van der Waals surface area contributed by atoms with Gasteiger partial charge >= 0.3 is 12.2 Å². The number of carbonyl (C=O) groups excluding carboxylic acids is 4. The SMILES string of the molecule is CCCOC(=O)NCC1(C)CN(c2cc(F)c(N3CCN(C(=O)CNC(=O)c4cccnc4)CC3)c(F)c2)C(=O)O1. The van der Waals surface area contributed by atoms with Gasteiger partial charge in [-0.2, -0.15) is 0 Å². The van der Waals surface area contributed by atoms with Gasteiger partial charge in [0.05, 0.1) is 37.5 Å². The predicted octanol–water partition coefficient (Wildman–Crippen LogP) is 2.29. The Bertz CT molecular complexity index is 1270. The van der Waals surface area contributed by atoms with E-state index in [0.29, 0.717) is 12.0 Å². The van der Waals surface area contributed by atoms with Gasteiger partial charge in [0.15, 0.2) is 11.6 Å². The molecule has 1 unspecified atom stereocenters. The van der Waals surface area contributed by atoms with Crippen LogP contribution in [0.25, 0.3) is 0 Å². The molecule has 1 aromatic heterocycles. The lowest BCUT2D eigenvalue weighted by atomic mass is 10.1. The van der Waals surface area contributed by atoms with E-state index in [1.165, 1.54) is 22.2 Å². The molecule has 4 amide bonds. The Morgan fingerprint density at radius 2 is 1.83 bits per heavy atom. The first-order valence-electron chi connectivity index (χ1n) is 13.2. The average molecular weight is 575 g/mol. The van der Waals surface area contributed by atoms with Crippen molar-refractivity contribution in [3.63, 3.8) is 0 Å². The Balaban J connectivity index is 1.32. The molecule has 2 aliphatic rings. The molecule has 1 atom stereocenters. The van der Waals surface area contributed by atoms with Crippen LogP contribution in [0.2, 0.25) is 0 Å². The Labute approximate surface area is 235 Å². The number of nitrogens with one attached hydrogen (secondary N) is 2. The molecular weight excluding hydrogens is 542 g/mol. The number of carbonyl (C=O) groups is 4. The standard InChI is InChI=1S/C27H32F2N6O6/c1-3-11-40-25(38)32-16-27(2)17-35(26(39)41-27)19-12-20(28)23(21(29)13-19)34-9-7-33(8-10-34)22(36)15-31-24(37)18-5-4-6-30-14-18/h4-6,12-14H,3,7-11,15-17H2,1-2H3,(H,31,37)(H,32,38). The zero-order valence-electron chi connectivity index (χ0n) is 22.8. The second-order valence-corrected chi connectivity index (χ2v) is 9.94. The second-order valence-electron chi connectivity index (χ2n) is 9.94. The molecule has 2 saturated heterocycles. The summed E-state index contributed by atoms with van der Waals surface area (Å²) in [4.78, 5) is 57.0. The van der Waals surface area contributed by atoms with E-state index in [1.54, 1.807) is 19.1 Å². The van der Waals surface area contributed by atoms with Crippen molar-refractivity contribution < 1.29 is 37.4 Å². The molecule has 1 aromatic carbocycles. The van der Waals surface area contributed by atoms with Gasteiger partial charge in [-0.15, -0.1) is 0 Å². The predicted molar refractivity (Wildman–Crippen MR) is 144 cm³/mol. The summed E-state index contributed by atoms with van der Waals surface area (Å²) in [6, 6.07) is 5.30. The number of alkyl carbamates (subject to hydrolysis) is 1. The minimum Gasteiger partial charge on any atom is -0.450 e. The van der Waals surface area contributed by atoms with Crippen LogP contribution in [-0.2, 0) is 14.3 Å². The molecule has 220 valence electrons. The molecule has 2 fully saturated rings. The topological polar surface area (TPSA) is 133 Å². The summed E-state index contributed by atoms with van der Waals surface area (Å²) in [7, 11) is 0. The molecule has 4 rings (SSSR count). The fraction of sp³-hybridized carbons (Fsp3) is 0.444. The Hall–Kier alpha value is -4.49. The number of hydrogen-bond acceptors (Lipinski definition) is 8. The van der Waals surface area contributed by atoms with Crippen molar-refractivity contribution in [2.75, 3.05) is 62.2 Å². The first kappa shape index (κ1) is 29.5. The number of pyridine rings is 1. The normalized spacial score (nSPS) is 18.6. The van der Waals surface area contributed by atoms with Crippen LogP contribution in [-0.4, -0.2) is 91.9 Å². The molecular formula is C27H32F2N6O6. The summed E-state index contributed by atoms with van der Waals surface area (Å²) in [6.07, 6.45) is 2.13. The van der Waals surface area contributed by atoms with Gasteiger partial charge in [0.25, 0.3) is 5.91 Å². The highest BCUT2D eigenvalue weighted by Gasteiger charge is 2.43. The molecule has 2 aromatic rings. The van der Waals surface area contributed by atoms with Crippen LogP contribution in [0.5, 0.6) is 0 Å². The molecule has 3 heterocycles. The van der Waals surface area contributed by atoms with E-state index in [9.17, 15) is 19.2 Å². The molecule has 14 heteroatoms. The van der Waals surface area contributed by atoms with Crippen molar-refractivity contribution in [1.29, 1.82) is 0 Å². The zero-order chi connectivity index (χ0) is 29.6. The van der Waals surface area contributed by atoms with Crippen molar-refractivity contribution in [3.8, 4) is 0 Å². The summed E-state index contributed by atoms with van der Waals surface area (Å²) >= 11 is 0. The van der Waals surface area contributed by atoms with Gasteiger partial charge in [-0.25, -0.2) is 18.4 Å². The second kappa shape index (κ2) is 12.8. The lowest BCUT2D eigenvalue weighted by Crippen LogP contribution is -2.51. The van der Waals surface area contributed by atoms with Crippen molar-refractivity contribution in [3.05, 3.63) is 53.9 Å². The molecule has 0 spiro atoms. The van der Waals surface area contributed by atoms with Gasteiger partial charge in [0.1, 0.15) is 11.3 Å². The van der Waals surface area contributed by atoms with Crippen LogP contribution in [0.4, 0.5) is 29.7 Å². The van der Waals surface area contributed by atoms with Gasteiger partial charge in [-0.3, -0.25) is 19.5 Å². The number of nitrogens with zero attached hydrogens (tertiary/aromatic N) is 4. The summed E-state index contributed by atoms with van der Waals surface area (Å²) in [6.45, 7) is 4.12. The fourth-order valence-corrected chi connectivity index (χ4v) is 4.55. The fourth-order valence-electron chi connectivity index (χ4n) is 4.55. The maximum Gasteiger partial charge on any atom is 0.415 e. The van der Waals surface area contributed by atoms with E-state index in [4.69, 9.17) is 9.47 Å². The highest BCUT2D eigenvalue weighted by molar-refractivity contribution is 5.96. The summed E-state index contributed by atoms with van der Waals surface area (Å²) in [5, 5.41) is 5.08. The van der Waals surface area contributed by atoms with Crippen LogP contribution >= 0.6 is 0 Å². The molecule has 2 N–H and O–H groups in total. The Morgan fingerprint density at radius 1 is 1.12 bits per heavy atom. The van der Waals surface area contributed by atoms with Crippen LogP contribution in [0.15, 0.2) is 36.7 Å². The zero-order valence-corrected chi connectivity index (χ0v) is 22.8. The number of hydrogen-bond donors (Lipinski definition) is 2. The Kier molecular flexibility index (Phi) is 9.20. The number of piperazine rings is 1. The third-order valence-corrected chi connectivity index (χ3v) is 6.68. The number of aromatic nitrogens is 1. The number of cyclic esters (lactones) is 1. The number of amides is 4. The smallest absolute Gasteiger partial charge is 0.415 e. The van der Waals surface area contributed by atoms with E-state index < -0.39 is 35.3 Å². The third-order valence-electron chi connectivity index (χ3n) is 6.68. The van der Waals surface area contributed by atoms with E-state index >= 15 is 8.78 Å². The number of halogens is 2. The van der Waals surface area contributed by atoms with Crippen molar-refractivity contribution in [2.24, 2.45) is 0 Å². The van der Waals surface area contributed by atoms with Crippen LogP contribution in [0, 0.1) is 11.6 Å². The van der Waals surface area contributed by atoms with Crippen LogP contribution < -0.4 is 20.4 Å². The summed E-state index contributed by atoms with van der Waals surface area (Å²) in [5.74, 6) is -2.48. The van der Waals surface area contributed by atoms with Gasteiger partial charge in [-0.1, -0.05) is 6.92 Å². The maximum atomic E-state index is 15.2. The minimum absolute atomic E-state index is 0.0239. The molecule has 0 radical (unpaired) electrons. The van der Waals surface area contributed by atoms with E-state index in [1.807, 2.05) is 6.92 Å². The molecule has 0 bridgehead atoms. The number of ether oxygens (including phenoxy) is 2. The average Bonchev–Trinajstić information content (AvgIpc) is 3.28. The first-order valence-corrected chi connectivity index (χ1v) is 13.2. The van der Waals surface area contributed by atoms with Gasteiger partial charge in [-0.05, 0) is 25.5 Å². The largest absolute Gasteiger partial charge is 0.450 e. The highest BCUT2D eigenvalue weighted by atomic mass is 19.1. The first-order chi connectivity index (χ1) is 19.6. The van der Waals surface area contributed by atoms with Crippen LogP contribution in [0.3, 0.4) is 0 Å². The third kappa shape index (κ3) is 7.18. The van der Waals surface area contributed by atoms with E-state index in [2.05, 4.69) is 15.6 Å². The van der Waals surface area contributed by atoms with Gasteiger partial charge < -0.3 is 29.9 Å². The Morgan fingerprint density at radius 3 is 2.46 bits per heavy atom. The van der Waals surface area contributed by atoms with E-state index in [0.717, 1.165) is 17.0 Å². The molecule has 0 aliphatic carbocycles. The number of anilines is 2. The highest BCUT2D eigenvalue weighted by Crippen LogP contribution is 2.33. The number of rotatable bonds is 9. The minimum atomic E-state index is -1.13. The molecule has 12 nitrogen and oxygen atoms in total. The monoisotopic (exact) mass is 574 g/mol. The van der Waals surface area contributed by atoms with Crippen molar-refractivity contribution in [2.45, 2.75) is 25.9 Å².